The minimum atomic E-state index is -1.15. The summed E-state index contributed by atoms with van der Waals surface area (Å²) in [4.78, 5) is 26.6. The first kappa shape index (κ1) is 11.3. The number of nitrogens with two attached hydrogens (primary N) is 1. The Kier molecular flexibility index (Phi) is 2.88. The van der Waals surface area contributed by atoms with Gasteiger partial charge in [-0.15, -0.1) is 0 Å². The Morgan fingerprint density at radius 2 is 2.18 bits per heavy atom. The summed E-state index contributed by atoms with van der Waals surface area (Å²) >= 11 is 0. The number of carboxylic acids is 1. The van der Waals surface area contributed by atoms with Crippen molar-refractivity contribution < 1.29 is 9.90 Å². The molecule has 0 fully saturated rings. The van der Waals surface area contributed by atoms with Gasteiger partial charge in [-0.3, -0.25) is 14.2 Å². The maximum atomic E-state index is 12.0. The van der Waals surface area contributed by atoms with Crippen molar-refractivity contribution in [1.29, 1.82) is 0 Å². The molecule has 1 heterocycles. The number of para-hydroxylation sites is 1. The number of benzene rings is 1. The summed E-state index contributed by atoms with van der Waals surface area (Å²) in [5.41, 5.74) is 5.67. The maximum absolute atomic E-state index is 12.0. The average molecular weight is 233 g/mol. The van der Waals surface area contributed by atoms with E-state index >= 15 is 0 Å². The van der Waals surface area contributed by atoms with E-state index in [4.69, 9.17) is 10.8 Å². The van der Waals surface area contributed by atoms with Gasteiger partial charge >= 0.3 is 5.97 Å². The first-order chi connectivity index (χ1) is 8.09. The van der Waals surface area contributed by atoms with Crippen LogP contribution in [0.3, 0.4) is 0 Å². The van der Waals surface area contributed by atoms with Crippen LogP contribution in [0.15, 0.2) is 35.4 Å². The molecule has 0 amide bonds. The second-order valence-corrected chi connectivity index (χ2v) is 3.66. The third-order valence-electron chi connectivity index (χ3n) is 2.44. The van der Waals surface area contributed by atoms with Gasteiger partial charge in [0.2, 0.25) is 0 Å². The molecule has 0 saturated carbocycles. The molecule has 0 bridgehead atoms. The largest absolute Gasteiger partial charge is 0.480 e. The van der Waals surface area contributed by atoms with E-state index in [9.17, 15) is 9.59 Å². The Balaban J connectivity index is 2.46. The van der Waals surface area contributed by atoms with Crippen molar-refractivity contribution in [2.75, 3.05) is 0 Å². The molecular formula is C11H11N3O3. The molecule has 3 N–H and O–H groups in total. The van der Waals surface area contributed by atoms with E-state index in [-0.39, 0.29) is 12.1 Å². The van der Waals surface area contributed by atoms with Gasteiger partial charge < -0.3 is 10.8 Å². The maximum Gasteiger partial charge on any atom is 0.322 e. The fraction of sp³-hybridized carbons (Fsp3) is 0.182. The lowest BCUT2D eigenvalue weighted by molar-refractivity contribution is -0.138. The van der Waals surface area contributed by atoms with E-state index in [1.807, 2.05) is 0 Å². The summed E-state index contributed by atoms with van der Waals surface area (Å²) in [7, 11) is 0. The fourth-order valence-corrected chi connectivity index (χ4v) is 1.53. The molecular weight excluding hydrogens is 222 g/mol. The number of nitrogens with zero attached hydrogens (tertiary/aromatic N) is 2. The molecule has 1 aromatic carbocycles. The highest BCUT2D eigenvalue weighted by molar-refractivity contribution is 5.77. The van der Waals surface area contributed by atoms with Gasteiger partial charge in [0.05, 0.1) is 23.8 Å². The molecule has 0 saturated heterocycles. The molecule has 1 atom stereocenters. The Morgan fingerprint density at radius 1 is 1.47 bits per heavy atom. The summed E-state index contributed by atoms with van der Waals surface area (Å²) in [6.07, 6.45) is 1.31. The molecule has 0 radical (unpaired) electrons. The average Bonchev–Trinajstić information content (AvgIpc) is 2.33. The Hall–Kier alpha value is -2.21. The minimum Gasteiger partial charge on any atom is -0.480 e. The van der Waals surface area contributed by atoms with E-state index in [0.29, 0.717) is 10.9 Å². The standard InChI is InChI=1S/C11H11N3O3/c12-8(11(16)17)5-14-6-13-9-4-2-1-3-7(9)10(14)15/h1-4,6,8H,5,12H2,(H,16,17). The number of carboxylic acid groups (broad SMARTS) is 1. The van der Waals surface area contributed by atoms with Crippen molar-refractivity contribution in [3.8, 4) is 0 Å². The van der Waals surface area contributed by atoms with Crippen LogP contribution in [0.4, 0.5) is 0 Å². The van der Waals surface area contributed by atoms with Gasteiger partial charge in [0, 0.05) is 0 Å². The first-order valence-electron chi connectivity index (χ1n) is 5.02. The van der Waals surface area contributed by atoms with Gasteiger partial charge in [-0.05, 0) is 12.1 Å². The van der Waals surface area contributed by atoms with E-state index in [2.05, 4.69) is 4.98 Å². The minimum absolute atomic E-state index is 0.0913. The van der Waals surface area contributed by atoms with Crippen LogP contribution in [0.2, 0.25) is 0 Å². The summed E-state index contributed by atoms with van der Waals surface area (Å²) in [6.45, 7) is -0.0913. The van der Waals surface area contributed by atoms with Gasteiger partial charge in [-0.1, -0.05) is 12.1 Å². The topological polar surface area (TPSA) is 98.2 Å². The van der Waals surface area contributed by atoms with Crippen molar-refractivity contribution in [2.45, 2.75) is 12.6 Å². The molecule has 6 heteroatoms. The fourth-order valence-electron chi connectivity index (χ4n) is 1.53. The number of aromatic nitrogens is 2. The highest BCUT2D eigenvalue weighted by atomic mass is 16.4. The molecule has 1 aromatic heterocycles. The Bertz CT molecular complexity index is 621. The van der Waals surface area contributed by atoms with Crippen LogP contribution in [0.1, 0.15) is 0 Å². The second kappa shape index (κ2) is 4.34. The number of fused-ring (bicyclic) bond motifs is 1. The van der Waals surface area contributed by atoms with Crippen molar-refractivity contribution in [3.63, 3.8) is 0 Å². The number of aliphatic carboxylic acids is 1. The number of hydrogen-bond donors (Lipinski definition) is 2. The third kappa shape index (κ3) is 2.16. The summed E-state index contributed by atoms with van der Waals surface area (Å²) in [5, 5.41) is 9.14. The summed E-state index contributed by atoms with van der Waals surface area (Å²) in [5.74, 6) is -1.15. The first-order valence-corrected chi connectivity index (χ1v) is 5.02. The Labute approximate surface area is 96.3 Å². The molecule has 17 heavy (non-hydrogen) atoms. The number of carbonyl (C=O) groups is 1. The van der Waals surface area contributed by atoms with E-state index in [1.54, 1.807) is 24.3 Å². The molecule has 2 rings (SSSR count). The van der Waals surface area contributed by atoms with E-state index < -0.39 is 12.0 Å². The zero-order chi connectivity index (χ0) is 12.4. The molecule has 6 nitrogen and oxygen atoms in total. The van der Waals surface area contributed by atoms with E-state index in [0.717, 1.165) is 0 Å². The van der Waals surface area contributed by atoms with Crippen LogP contribution in [0, 0.1) is 0 Å². The van der Waals surface area contributed by atoms with Crippen molar-refractivity contribution in [2.24, 2.45) is 5.73 Å². The predicted octanol–water partition coefficient (Wildman–Crippen LogP) is -0.192. The lowest BCUT2D eigenvalue weighted by atomic mass is 10.2. The normalized spacial score (nSPS) is 12.5. The van der Waals surface area contributed by atoms with Gasteiger partial charge in [0.15, 0.2) is 0 Å². The highest BCUT2D eigenvalue weighted by Gasteiger charge is 2.13. The zero-order valence-corrected chi connectivity index (χ0v) is 8.91. The lowest BCUT2D eigenvalue weighted by Gasteiger charge is -2.09. The van der Waals surface area contributed by atoms with Gasteiger partial charge in [-0.25, -0.2) is 4.98 Å². The second-order valence-electron chi connectivity index (χ2n) is 3.66. The quantitative estimate of drug-likeness (QED) is 0.765. The molecule has 88 valence electrons. The predicted molar refractivity (Wildman–Crippen MR) is 61.6 cm³/mol. The van der Waals surface area contributed by atoms with Crippen LogP contribution in [-0.4, -0.2) is 26.7 Å². The van der Waals surface area contributed by atoms with Crippen LogP contribution < -0.4 is 11.3 Å². The van der Waals surface area contributed by atoms with Gasteiger partial charge in [0.1, 0.15) is 6.04 Å². The highest BCUT2D eigenvalue weighted by Crippen LogP contribution is 2.04. The van der Waals surface area contributed by atoms with Gasteiger partial charge in [0.25, 0.3) is 5.56 Å². The Morgan fingerprint density at radius 3 is 2.88 bits per heavy atom. The lowest BCUT2D eigenvalue weighted by Crippen LogP contribution is -2.38. The molecule has 2 aromatic rings. The van der Waals surface area contributed by atoms with Crippen LogP contribution in [0.25, 0.3) is 10.9 Å². The molecule has 1 unspecified atom stereocenters. The monoisotopic (exact) mass is 233 g/mol. The van der Waals surface area contributed by atoms with Crippen molar-refractivity contribution in [3.05, 3.63) is 40.9 Å². The molecule has 0 aliphatic rings. The van der Waals surface area contributed by atoms with Crippen LogP contribution in [0.5, 0.6) is 0 Å². The number of hydrogen-bond acceptors (Lipinski definition) is 4. The SMILES string of the molecule is NC(Cn1cnc2ccccc2c1=O)C(=O)O. The summed E-state index contributed by atoms with van der Waals surface area (Å²) in [6, 6.07) is 5.76. The number of rotatable bonds is 3. The molecule has 0 aliphatic heterocycles. The third-order valence-corrected chi connectivity index (χ3v) is 2.44. The smallest absolute Gasteiger partial charge is 0.322 e. The molecule has 0 aliphatic carbocycles. The summed E-state index contributed by atoms with van der Waals surface area (Å²) < 4.78 is 1.21. The van der Waals surface area contributed by atoms with Crippen LogP contribution >= 0.6 is 0 Å². The zero-order valence-electron chi connectivity index (χ0n) is 8.91. The van der Waals surface area contributed by atoms with Gasteiger partial charge in [-0.2, -0.15) is 0 Å². The van der Waals surface area contributed by atoms with E-state index in [1.165, 1.54) is 10.9 Å². The van der Waals surface area contributed by atoms with Crippen molar-refractivity contribution >= 4 is 16.9 Å². The van der Waals surface area contributed by atoms with Crippen molar-refractivity contribution in [1.82, 2.24) is 9.55 Å². The molecule has 0 spiro atoms. The van der Waals surface area contributed by atoms with Crippen LogP contribution in [-0.2, 0) is 11.3 Å².